The van der Waals surface area contributed by atoms with Crippen molar-refractivity contribution in [3.05, 3.63) is 5.69 Å². The van der Waals surface area contributed by atoms with E-state index < -0.39 is 0 Å². The normalized spacial score (nSPS) is 22.8. The fraction of sp³-hybridized carbons (Fsp3) is 0.750. The zero-order valence-electron chi connectivity index (χ0n) is 11.3. The Labute approximate surface area is 103 Å². The third-order valence-corrected chi connectivity index (χ3v) is 3.56. The summed E-state index contributed by atoms with van der Waals surface area (Å²) in [4.78, 5) is 4.77. The standard InChI is InChI=1S/C12H23N5/c1-9-8-15(3)6-5-7-17(9)12-11(13)10(2)14-16(12)4/h9H,5-8,13H2,1-4H3. The van der Waals surface area contributed by atoms with Gasteiger partial charge < -0.3 is 15.5 Å². The maximum absolute atomic E-state index is 6.14. The first kappa shape index (κ1) is 12.2. The lowest BCUT2D eigenvalue weighted by Crippen LogP contribution is -2.39. The molecule has 0 aliphatic carbocycles. The molecule has 0 saturated carbocycles. The number of rotatable bonds is 1. The number of aromatic nitrogens is 2. The zero-order valence-corrected chi connectivity index (χ0v) is 11.3. The SMILES string of the molecule is Cc1nn(C)c(N2CCCN(C)CC2C)c1N. The van der Waals surface area contributed by atoms with E-state index in [2.05, 4.69) is 28.9 Å². The first-order valence-corrected chi connectivity index (χ1v) is 6.25. The van der Waals surface area contributed by atoms with E-state index in [1.54, 1.807) is 0 Å². The summed E-state index contributed by atoms with van der Waals surface area (Å²) in [5.41, 5.74) is 7.89. The van der Waals surface area contributed by atoms with E-state index in [-0.39, 0.29) is 0 Å². The highest BCUT2D eigenvalue weighted by molar-refractivity contribution is 5.66. The molecular formula is C12H23N5. The first-order chi connectivity index (χ1) is 8.00. The Balaban J connectivity index is 2.31. The van der Waals surface area contributed by atoms with E-state index in [9.17, 15) is 0 Å². The molecule has 1 saturated heterocycles. The van der Waals surface area contributed by atoms with Crippen LogP contribution in [0.4, 0.5) is 11.5 Å². The van der Waals surface area contributed by atoms with Gasteiger partial charge in [0.05, 0.1) is 11.4 Å². The summed E-state index contributed by atoms with van der Waals surface area (Å²) in [6, 6.07) is 0.472. The minimum absolute atomic E-state index is 0.472. The molecular weight excluding hydrogens is 214 g/mol. The van der Waals surface area contributed by atoms with Gasteiger partial charge in [0.1, 0.15) is 0 Å². The average molecular weight is 237 g/mol. The molecule has 0 radical (unpaired) electrons. The number of nitrogen functional groups attached to an aromatic ring is 1. The topological polar surface area (TPSA) is 50.3 Å². The van der Waals surface area contributed by atoms with Gasteiger partial charge in [0.15, 0.2) is 5.82 Å². The molecule has 0 aromatic carbocycles. The van der Waals surface area contributed by atoms with Crippen molar-refractivity contribution in [3.63, 3.8) is 0 Å². The molecule has 1 aromatic heterocycles. The van der Waals surface area contributed by atoms with Crippen molar-refractivity contribution in [2.75, 3.05) is 37.3 Å². The monoisotopic (exact) mass is 237 g/mol. The van der Waals surface area contributed by atoms with Gasteiger partial charge in [-0.05, 0) is 33.9 Å². The molecule has 0 bridgehead atoms. The highest BCUT2D eigenvalue weighted by Crippen LogP contribution is 2.28. The lowest BCUT2D eigenvalue weighted by atomic mass is 10.2. The third-order valence-electron chi connectivity index (χ3n) is 3.56. The van der Waals surface area contributed by atoms with Crippen molar-refractivity contribution < 1.29 is 0 Å². The van der Waals surface area contributed by atoms with E-state index in [0.29, 0.717) is 6.04 Å². The zero-order chi connectivity index (χ0) is 12.6. The largest absolute Gasteiger partial charge is 0.394 e. The van der Waals surface area contributed by atoms with Crippen LogP contribution in [0.1, 0.15) is 19.0 Å². The predicted molar refractivity (Wildman–Crippen MR) is 71.3 cm³/mol. The van der Waals surface area contributed by atoms with Crippen molar-refractivity contribution in [1.29, 1.82) is 0 Å². The summed E-state index contributed by atoms with van der Waals surface area (Å²) in [5, 5.41) is 4.41. The minimum Gasteiger partial charge on any atom is -0.394 e. The lowest BCUT2D eigenvalue weighted by molar-refractivity contribution is 0.337. The number of nitrogens with two attached hydrogens (primary N) is 1. The van der Waals surface area contributed by atoms with E-state index in [0.717, 1.165) is 36.8 Å². The molecule has 1 aliphatic heterocycles. The van der Waals surface area contributed by atoms with Gasteiger partial charge in [0, 0.05) is 26.2 Å². The van der Waals surface area contributed by atoms with Crippen LogP contribution in [0.15, 0.2) is 0 Å². The second kappa shape index (κ2) is 4.56. The third kappa shape index (κ3) is 2.24. The average Bonchev–Trinajstić information content (AvgIpc) is 2.41. The molecule has 5 nitrogen and oxygen atoms in total. The lowest BCUT2D eigenvalue weighted by Gasteiger charge is -2.30. The fourth-order valence-corrected chi connectivity index (χ4v) is 2.69. The molecule has 2 N–H and O–H groups in total. The molecule has 1 fully saturated rings. The highest BCUT2D eigenvalue weighted by Gasteiger charge is 2.24. The molecule has 1 unspecified atom stereocenters. The van der Waals surface area contributed by atoms with Gasteiger partial charge in [-0.2, -0.15) is 5.10 Å². The van der Waals surface area contributed by atoms with Gasteiger partial charge in [0.25, 0.3) is 0 Å². The molecule has 0 amide bonds. The summed E-state index contributed by atoms with van der Waals surface area (Å²) < 4.78 is 1.91. The fourth-order valence-electron chi connectivity index (χ4n) is 2.69. The molecule has 0 spiro atoms. The van der Waals surface area contributed by atoms with Gasteiger partial charge in [-0.3, -0.25) is 4.68 Å². The number of anilines is 2. The number of hydrogen-bond acceptors (Lipinski definition) is 4. The van der Waals surface area contributed by atoms with Crippen LogP contribution in [0, 0.1) is 6.92 Å². The quantitative estimate of drug-likeness (QED) is 0.786. The maximum atomic E-state index is 6.14. The van der Waals surface area contributed by atoms with Gasteiger partial charge in [-0.15, -0.1) is 0 Å². The van der Waals surface area contributed by atoms with Gasteiger partial charge in [-0.1, -0.05) is 0 Å². The van der Waals surface area contributed by atoms with Crippen LogP contribution >= 0.6 is 0 Å². The van der Waals surface area contributed by atoms with Crippen LogP contribution < -0.4 is 10.6 Å². The molecule has 17 heavy (non-hydrogen) atoms. The van der Waals surface area contributed by atoms with Gasteiger partial charge in [0.2, 0.25) is 0 Å². The number of aryl methyl sites for hydroxylation is 2. The van der Waals surface area contributed by atoms with Crippen LogP contribution in [-0.4, -0.2) is 47.4 Å². The van der Waals surface area contributed by atoms with E-state index >= 15 is 0 Å². The summed E-state index contributed by atoms with van der Waals surface area (Å²) in [7, 11) is 4.15. The van der Waals surface area contributed by atoms with Crippen molar-refractivity contribution >= 4 is 11.5 Å². The summed E-state index contributed by atoms with van der Waals surface area (Å²) in [6.07, 6.45) is 1.17. The molecule has 5 heteroatoms. The second-order valence-electron chi connectivity index (χ2n) is 5.10. The van der Waals surface area contributed by atoms with Crippen molar-refractivity contribution in [2.24, 2.45) is 7.05 Å². The molecule has 96 valence electrons. The predicted octanol–water partition coefficient (Wildman–Crippen LogP) is 0.841. The van der Waals surface area contributed by atoms with Crippen molar-refractivity contribution in [2.45, 2.75) is 26.3 Å². The molecule has 1 aliphatic rings. The van der Waals surface area contributed by atoms with E-state index in [1.165, 1.54) is 6.42 Å². The minimum atomic E-state index is 0.472. The Morgan fingerprint density at radius 1 is 1.29 bits per heavy atom. The van der Waals surface area contributed by atoms with Crippen molar-refractivity contribution in [1.82, 2.24) is 14.7 Å². The Hall–Kier alpha value is -1.23. The van der Waals surface area contributed by atoms with E-state index in [1.807, 2.05) is 18.7 Å². The second-order valence-corrected chi connectivity index (χ2v) is 5.10. The number of nitrogens with zero attached hydrogens (tertiary/aromatic N) is 4. The Morgan fingerprint density at radius 2 is 2.00 bits per heavy atom. The molecule has 2 heterocycles. The van der Waals surface area contributed by atoms with Crippen LogP contribution in [0.3, 0.4) is 0 Å². The summed E-state index contributed by atoms with van der Waals surface area (Å²) in [6.45, 7) is 7.49. The molecule has 1 aromatic rings. The van der Waals surface area contributed by atoms with E-state index in [4.69, 9.17) is 5.73 Å². The first-order valence-electron chi connectivity index (χ1n) is 6.25. The van der Waals surface area contributed by atoms with Gasteiger partial charge >= 0.3 is 0 Å². The number of hydrogen-bond donors (Lipinski definition) is 1. The van der Waals surface area contributed by atoms with Crippen LogP contribution in [0.2, 0.25) is 0 Å². The Bertz CT molecular complexity index is 398. The number of likely N-dealkylation sites (N-methyl/N-ethyl adjacent to an activating group) is 1. The van der Waals surface area contributed by atoms with Crippen LogP contribution in [0.5, 0.6) is 0 Å². The summed E-state index contributed by atoms with van der Waals surface area (Å²) in [5.74, 6) is 1.07. The Kier molecular flexibility index (Phi) is 3.28. The Morgan fingerprint density at radius 3 is 2.59 bits per heavy atom. The van der Waals surface area contributed by atoms with Crippen molar-refractivity contribution in [3.8, 4) is 0 Å². The highest BCUT2D eigenvalue weighted by atomic mass is 15.4. The van der Waals surface area contributed by atoms with Gasteiger partial charge in [-0.25, -0.2) is 0 Å². The molecule has 1 atom stereocenters. The maximum Gasteiger partial charge on any atom is 0.150 e. The van der Waals surface area contributed by atoms with Crippen LogP contribution in [-0.2, 0) is 7.05 Å². The van der Waals surface area contributed by atoms with Crippen LogP contribution in [0.25, 0.3) is 0 Å². The smallest absolute Gasteiger partial charge is 0.150 e. The summed E-state index contributed by atoms with van der Waals surface area (Å²) >= 11 is 0. The molecule has 2 rings (SSSR count).